The lowest BCUT2D eigenvalue weighted by atomic mass is 10.4. The topological polar surface area (TPSA) is 265 Å². The predicted molar refractivity (Wildman–Crippen MR) is 89.4 cm³/mol. The average molecular weight is 376 g/mol. The van der Waals surface area contributed by atoms with E-state index >= 15 is 0 Å². The van der Waals surface area contributed by atoms with Crippen LogP contribution >= 0.6 is 0 Å². The van der Waals surface area contributed by atoms with Crippen molar-refractivity contribution >= 4 is 0 Å². The Kier molecular flexibility index (Phi) is 104. The Balaban J connectivity index is -0.0000000241. The normalized spacial score (nSPS) is 8.88. The third kappa shape index (κ3) is 125. The van der Waals surface area contributed by atoms with E-state index in [1.165, 1.54) is 6.92 Å². The lowest BCUT2D eigenvalue weighted by Crippen LogP contribution is -2.15. The Hall–Kier alpha value is -0.480. The van der Waals surface area contributed by atoms with Crippen LogP contribution in [-0.4, -0.2) is 128 Å². The molecule has 24 heavy (non-hydrogen) atoms. The van der Waals surface area contributed by atoms with Crippen molar-refractivity contribution < 1.29 is 63.4 Å². The summed E-state index contributed by atoms with van der Waals surface area (Å²) in [6, 6.07) is 0. The van der Waals surface area contributed by atoms with Gasteiger partial charge in [0.15, 0.2) is 0 Å². The highest BCUT2D eigenvalue weighted by Crippen LogP contribution is 1.71. The molecule has 160 valence electrons. The summed E-state index contributed by atoms with van der Waals surface area (Å²) in [5.74, 6) is 0. The smallest absolute Gasteiger partial charge is 0.100 e. The molecule has 0 amide bonds. The molecule has 0 aromatic rings. The molecule has 0 rings (SSSR count). The molecule has 14 N–H and O–H groups in total. The maximum absolute atomic E-state index is 8.17. The maximum Gasteiger partial charge on any atom is 0.100 e. The number of hydrogen-bond acceptors (Lipinski definition) is 10. The summed E-state index contributed by atoms with van der Waals surface area (Å²) in [6.07, 6.45) is -1.01. The molecule has 0 aromatic heterocycles. The van der Waals surface area contributed by atoms with Crippen molar-refractivity contribution in [2.45, 2.75) is 25.6 Å². The molecule has 0 aromatic carbocycles. The van der Waals surface area contributed by atoms with Gasteiger partial charge in [0, 0.05) is 21.8 Å². The van der Waals surface area contributed by atoms with Gasteiger partial charge in [-0.2, -0.15) is 0 Å². The Labute approximate surface area is 143 Å². The van der Waals surface area contributed by atoms with Crippen LogP contribution in [0, 0.1) is 0 Å². The molecule has 12 heteroatoms. The van der Waals surface area contributed by atoms with Gasteiger partial charge in [-0.3, -0.25) is 0 Å². The fourth-order valence-electron chi connectivity index (χ4n) is 0.128. The van der Waals surface area contributed by atoms with Gasteiger partial charge in [-0.05, 0) is 13.3 Å². The summed E-state index contributed by atoms with van der Waals surface area (Å²) < 4.78 is 0. The van der Waals surface area contributed by atoms with Crippen molar-refractivity contribution in [1.82, 2.24) is 0 Å². The molecule has 1 unspecified atom stereocenters. The molecule has 0 bridgehead atoms. The fourth-order valence-corrected chi connectivity index (χ4v) is 0.128. The zero-order valence-corrected chi connectivity index (χ0v) is 14.3. The second-order valence-electron chi connectivity index (χ2n) is 3.30. The first-order valence-electron chi connectivity index (χ1n) is 6.48. The van der Waals surface area contributed by atoms with E-state index < -0.39 is 12.2 Å². The first kappa shape index (κ1) is 43.7. The number of aliphatic hydroxyl groups excluding tert-OH is 10. The van der Waals surface area contributed by atoms with Crippen molar-refractivity contribution in [1.29, 1.82) is 0 Å². The number of hydrogen-bond donors (Lipinski definition) is 10. The van der Waals surface area contributed by atoms with E-state index in [2.05, 4.69) is 0 Å². The molecule has 1 atom stereocenters. The molecule has 0 heterocycles. The summed E-state index contributed by atoms with van der Waals surface area (Å²) in [5, 5.41) is 78.1. The molecule has 0 saturated carbocycles. The molecular formula is C12H40O12. The zero-order chi connectivity index (χ0) is 18.8. The summed E-state index contributed by atoms with van der Waals surface area (Å²) in [4.78, 5) is 0. The molecule has 0 aliphatic rings. The van der Waals surface area contributed by atoms with Crippen LogP contribution in [0.4, 0.5) is 0 Å². The summed E-state index contributed by atoms with van der Waals surface area (Å²) in [5.41, 5.74) is 0. The molecule has 0 saturated heterocycles. The molecule has 12 nitrogen and oxygen atoms in total. The lowest BCUT2D eigenvalue weighted by Gasteiger charge is -1.96. The second kappa shape index (κ2) is 57.1. The number of rotatable bonds is 6. The van der Waals surface area contributed by atoms with Crippen molar-refractivity contribution in [3.8, 4) is 0 Å². The van der Waals surface area contributed by atoms with Crippen molar-refractivity contribution in [2.75, 3.05) is 53.4 Å². The third-order valence-corrected chi connectivity index (χ3v) is 1.10. The Morgan fingerprint density at radius 1 is 0.625 bits per heavy atom. The van der Waals surface area contributed by atoms with Gasteiger partial charge >= 0.3 is 0 Å². The van der Waals surface area contributed by atoms with E-state index in [0.717, 1.165) is 7.11 Å². The van der Waals surface area contributed by atoms with Crippen LogP contribution in [0.25, 0.3) is 0 Å². The quantitative estimate of drug-likeness (QED) is 0.210. The average Bonchev–Trinajstić information content (AvgIpc) is 2.57. The standard InChI is InChI=1S/C3H8O3.2C3H8O2.C2H6O2.CH4O.2H2O.H2/c4-1-3(6)2-5;1-3(5)2-4;4-2-1-3-5;3-1-2-4;1-2;;;/h3-6H,1-2H2;3-5H,2H2,1H3;4-5H,1-3H2;3-4H,1-2H2;2H,1H3;2*1H2;1H. The largest absolute Gasteiger partial charge is 0.412 e. The third-order valence-electron chi connectivity index (χ3n) is 1.10. The lowest BCUT2D eigenvalue weighted by molar-refractivity contribution is 0.0450. The molecule has 0 aliphatic carbocycles. The van der Waals surface area contributed by atoms with Gasteiger partial charge in [-0.25, -0.2) is 0 Å². The van der Waals surface area contributed by atoms with Gasteiger partial charge < -0.3 is 62.0 Å². The predicted octanol–water partition coefficient (Wildman–Crippen LogP) is -5.77. The minimum Gasteiger partial charge on any atom is -0.412 e. The summed E-state index contributed by atoms with van der Waals surface area (Å²) in [6.45, 7) is 0.597. The van der Waals surface area contributed by atoms with Gasteiger partial charge in [0.2, 0.25) is 0 Å². The van der Waals surface area contributed by atoms with Crippen LogP contribution in [0.2, 0.25) is 0 Å². The molecular weight excluding hydrogens is 336 g/mol. The van der Waals surface area contributed by atoms with E-state index in [0.29, 0.717) is 6.42 Å². The highest BCUT2D eigenvalue weighted by molar-refractivity contribution is 4.44. The minimum atomic E-state index is -0.954. The van der Waals surface area contributed by atoms with Crippen LogP contribution in [0.15, 0.2) is 0 Å². The van der Waals surface area contributed by atoms with E-state index in [1.807, 2.05) is 0 Å². The van der Waals surface area contributed by atoms with E-state index in [1.54, 1.807) is 0 Å². The molecule has 0 radical (unpaired) electrons. The van der Waals surface area contributed by atoms with Gasteiger partial charge in [-0.1, -0.05) is 0 Å². The van der Waals surface area contributed by atoms with E-state index in [4.69, 9.17) is 51.1 Å². The summed E-state index contributed by atoms with van der Waals surface area (Å²) >= 11 is 0. The van der Waals surface area contributed by atoms with E-state index in [9.17, 15) is 0 Å². The van der Waals surface area contributed by atoms with Crippen molar-refractivity contribution in [3.05, 3.63) is 0 Å². The van der Waals surface area contributed by atoms with Crippen LogP contribution in [0.3, 0.4) is 0 Å². The first-order valence-corrected chi connectivity index (χ1v) is 6.48. The highest BCUT2D eigenvalue weighted by atomic mass is 16.3. The number of aliphatic hydroxyl groups is 10. The Morgan fingerprint density at radius 3 is 0.875 bits per heavy atom. The van der Waals surface area contributed by atoms with Crippen molar-refractivity contribution in [3.63, 3.8) is 0 Å². The summed E-state index contributed by atoms with van der Waals surface area (Å²) in [7, 11) is 1.00. The van der Waals surface area contributed by atoms with Gasteiger partial charge in [0.25, 0.3) is 0 Å². The fraction of sp³-hybridized carbons (Fsp3) is 1.00. The van der Waals surface area contributed by atoms with Crippen LogP contribution in [0.1, 0.15) is 14.8 Å². The van der Waals surface area contributed by atoms with Gasteiger partial charge in [0.05, 0.1) is 39.1 Å². The second-order valence-corrected chi connectivity index (χ2v) is 3.30. The van der Waals surface area contributed by atoms with Crippen LogP contribution < -0.4 is 0 Å². The Bertz CT molecular complexity index is 127. The molecule has 0 spiro atoms. The Morgan fingerprint density at radius 2 is 0.875 bits per heavy atom. The van der Waals surface area contributed by atoms with Crippen LogP contribution in [0.5, 0.6) is 0 Å². The molecule has 0 fully saturated rings. The highest BCUT2D eigenvalue weighted by Gasteiger charge is 1.93. The monoisotopic (exact) mass is 376 g/mol. The molecule has 0 aliphatic heterocycles. The van der Waals surface area contributed by atoms with Crippen LogP contribution in [-0.2, 0) is 0 Å². The van der Waals surface area contributed by atoms with E-state index in [-0.39, 0.29) is 58.6 Å². The minimum absolute atomic E-state index is 0. The maximum atomic E-state index is 8.17. The first-order chi connectivity index (χ1) is 10.4. The SMILES string of the molecule is CC(O)CO.CO.O.O.OCC(O)CO.OCCCO.OCCO.[HH]. The van der Waals surface area contributed by atoms with Gasteiger partial charge in [-0.15, -0.1) is 0 Å². The van der Waals surface area contributed by atoms with Gasteiger partial charge in [0.1, 0.15) is 6.10 Å². The zero-order valence-electron chi connectivity index (χ0n) is 14.3. The van der Waals surface area contributed by atoms with Crippen molar-refractivity contribution in [2.24, 2.45) is 0 Å².